The molecule has 0 aromatic heterocycles. The molecule has 0 bridgehead atoms. The lowest BCUT2D eigenvalue weighted by Gasteiger charge is -2.31. The summed E-state index contributed by atoms with van der Waals surface area (Å²) in [6, 6.07) is 12.0. The lowest BCUT2D eigenvalue weighted by molar-refractivity contribution is -0.903. The maximum absolute atomic E-state index is 13.8. The highest BCUT2D eigenvalue weighted by Crippen LogP contribution is 2.20. The maximum Gasteiger partial charge on any atom is 0.246 e. The fraction of sp³-hybridized carbons (Fsp3) is 0.333. The van der Waals surface area contributed by atoms with E-state index in [1.807, 2.05) is 30.3 Å². The minimum Gasteiger partial charge on any atom is -0.488 e. The first-order chi connectivity index (χ1) is 12.5. The molecule has 1 aliphatic rings. The van der Waals surface area contributed by atoms with Crippen molar-refractivity contribution >= 4 is 10.0 Å². The summed E-state index contributed by atoms with van der Waals surface area (Å²) >= 11 is 0. The van der Waals surface area contributed by atoms with E-state index in [2.05, 4.69) is 0 Å². The van der Waals surface area contributed by atoms with Gasteiger partial charge in [0, 0.05) is 6.07 Å². The van der Waals surface area contributed by atoms with Gasteiger partial charge in [0.1, 0.15) is 35.4 Å². The molecule has 8 heteroatoms. The van der Waals surface area contributed by atoms with E-state index in [1.54, 1.807) is 0 Å². The van der Waals surface area contributed by atoms with Crippen molar-refractivity contribution in [3.63, 3.8) is 0 Å². The van der Waals surface area contributed by atoms with E-state index in [4.69, 9.17) is 4.74 Å². The van der Waals surface area contributed by atoms with E-state index < -0.39 is 26.6 Å². The zero-order chi connectivity index (χ0) is 18.6. The fourth-order valence-electron chi connectivity index (χ4n) is 2.95. The number of halogens is 2. The van der Waals surface area contributed by atoms with Gasteiger partial charge < -0.3 is 9.64 Å². The van der Waals surface area contributed by atoms with Gasteiger partial charge in [0.25, 0.3) is 0 Å². The number of benzene rings is 2. The Morgan fingerprint density at radius 3 is 2.38 bits per heavy atom. The third-order valence-electron chi connectivity index (χ3n) is 4.41. The smallest absolute Gasteiger partial charge is 0.246 e. The highest BCUT2D eigenvalue weighted by molar-refractivity contribution is 7.89. The SMILES string of the molecule is O=S(=O)(c1ccc(F)cc1F)N1CC[NH+](CCOc2ccccc2)CC1. The van der Waals surface area contributed by atoms with Crippen molar-refractivity contribution in [1.29, 1.82) is 0 Å². The number of quaternary nitrogens is 1. The van der Waals surface area contributed by atoms with Crippen LogP contribution in [0.25, 0.3) is 0 Å². The van der Waals surface area contributed by atoms with Gasteiger partial charge in [-0.3, -0.25) is 0 Å². The number of hydrogen-bond acceptors (Lipinski definition) is 3. The summed E-state index contributed by atoms with van der Waals surface area (Å²) in [5.74, 6) is -1.05. The Bertz CT molecular complexity index is 839. The van der Waals surface area contributed by atoms with Crippen LogP contribution in [-0.4, -0.2) is 52.1 Å². The monoisotopic (exact) mass is 383 g/mol. The average Bonchev–Trinajstić information content (AvgIpc) is 2.63. The first kappa shape index (κ1) is 18.8. The molecule has 1 heterocycles. The maximum atomic E-state index is 13.8. The summed E-state index contributed by atoms with van der Waals surface area (Å²) in [6.45, 7) is 3.10. The van der Waals surface area contributed by atoms with Gasteiger partial charge in [0.05, 0.1) is 26.2 Å². The van der Waals surface area contributed by atoms with Crippen molar-refractivity contribution in [2.24, 2.45) is 0 Å². The molecule has 0 atom stereocenters. The molecule has 1 N–H and O–H groups in total. The molecule has 0 unspecified atom stereocenters. The Morgan fingerprint density at radius 1 is 1.04 bits per heavy atom. The summed E-state index contributed by atoms with van der Waals surface area (Å²) in [6.07, 6.45) is 0. The highest BCUT2D eigenvalue weighted by atomic mass is 32.2. The highest BCUT2D eigenvalue weighted by Gasteiger charge is 2.32. The van der Waals surface area contributed by atoms with Crippen LogP contribution < -0.4 is 9.64 Å². The number of hydrogen-bond donors (Lipinski definition) is 1. The van der Waals surface area contributed by atoms with E-state index in [1.165, 1.54) is 9.21 Å². The van der Waals surface area contributed by atoms with Gasteiger partial charge in [-0.1, -0.05) is 18.2 Å². The molecule has 1 saturated heterocycles. The summed E-state index contributed by atoms with van der Waals surface area (Å²) in [5.41, 5.74) is 0. The first-order valence-electron chi connectivity index (χ1n) is 8.43. The van der Waals surface area contributed by atoms with E-state index in [9.17, 15) is 17.2 Å². The van der Waals surface area contributed by atoms with Gasteiger partial charge in [-0.05, 0) is 24.3 Å². The molecular weight excluding hydrogens is 362 g/mol. The molecular formula is C18H21F2N2O3S+. The van der Waals surface area contributed by atoms with Crippen LogP contribution in [0, 0.1) is 11.6 Å². The quantitative estimate of drug-likeness (QED) is 0.808. The molecule has 0 amide bonds. The Morgan fingerprint density at radius 2 is 1.73 bits per heavy atom. The normalized spacial score (nSPS) is 16.5. The Hall–Kier alpha value is -2.03. The van der Waals surface area contributed by atoms with Crippen LogP contribution in [0.2, 0.25) is 0 Å². The molecule has 0 radical (unpaired) electrons. The van der Waals surface area contributed by atoms with Gasteiger partial charge in [-0.2, -0.15) is 4.31 Å². The summed E-state index contributed by atoms with van der Waals surface area (Å²) in [5, 5.41) is 0. The van der Waals surface area contributed by atoms with Gasteiger partial charge in [0.15, 0.2) is 0 Å². The Kier molecular flexibility index (Phi) is 5.85. The number of piperazine rings is 1. The van der Waals surface area contributed by atoms with Crippen molar-refractivity contribution in [2.45, 2.75) is 4.90 Å². The van der Waals surface area contributed by atoms with E-state index in [0.29, 0.717) is 38.9 Å². The predicted octanol–water partition coefficient (Wildman–Crippen LogP) is 0.933. The summed E-state index contributed by atoms with van der Waals surface area (Å²) in [7, 11) is -3.95. The van der Waals surface area contributed by atoms with Crippen LogP contribution >= 0.6 is 0 Å². The molecule has 0 aliphatic carbocycles. The van der Waals surface area contributed by atoms with Crippen LogP contribution in [0.4, 0.5) is 8.78 Å². The van der Waals surface area contributed by atoms with Crippen molar-refractivity contribution in [2.75, 3.05) is 39.3 Å². The Labute approximate surface area is 151 Å². The van der Waals surface area contributed by atoms with Crippen LogP contribution in [-0.2, 0) is 10.0 Å². The third kappa shape index (κ3) is 4.38. The van der Waals surface area contributed by atoms with Crippen LogP contribution in [0.15, 0.2) is 53.4 Å². The molecule has 2 aromatic carbocycles. The Balaban J connectivity index is 1.53. The molecule has 5 nitrogen and oxygen atoms in total. The van der Waals surface area contributed by atoms with E-state index in [-0.39, 0.29) is 0 Å². The first-order valence-corrected chi connectivity index (χ1v) is 9.87. The third-order valence-corrected chi connectivity index (χ3v) is 6.34. The van der Waals surface area contributed by atoms with Crippen molar-refractivity contribution in [3.8, 4) is 5.75 Å². The lowest BCUT2D eigenvalue weighted by Crippen LogP contribution is -3.15. The van der Waals surface area contributed by atoms with Gasteiger partial charge in [-0.25, -0.2) is 17.2 Å². The molecule has 2 aromatic rings. The van der Waals surface area contributed by atoms with E-state index in [0.717, 1.165) is 24.4 Å². The summed E-state index contributed by atoms with van der Waals surface area (Å²) < 4.78 is 58.9. The second kappa shape index (κ2) is 8.11. The molecule has 26 heavy (non-hydrogen) atoms. The van der Waals surface area contributed by atoms with Gasteiger partial charge >= 0.3 is 0 Å². The number of rotatable bonds is 6. The van der Waals surface area contributed by atoms with Crippen molar-refractivity contribution in [1.82, 2.24) is 4.31 Å². The van der Waals surface area contributed by atoms with Crippen LogP contribution in [0.3, 0.4) is 0 Å². The summed E-state index contributed by atoms with van der Waals surface area (Å²) in [4.78, 5) is 0.752. The standard InChI is InChI=1S/C18H20F2N2O3S/c19-15-6-7-18(17(20)14-15)26(23,24)22-10-8-21(9-11-22)12-13-25-16-4-2-1-3-5-16/h1-7,14H,8-13H2/p+1. The predicted molar refractivity (Wildman–Crippen MR) is 92.6 cm³/mol. The largest absolute Gasteiger partial charge is 0.488 e. The van der Waals surface area contributed by atoms with Crippen molar-refractivity contribution < 1.29 is 26.8 Å². The van der Waals surface area contributed by atoms with Gasteiger partial charge in [-0.15, -0.1) is 0 Å². The topological polar surface area (TPSA) is 51.0 Å². The number of nitrogens with zero attached hydrogens (tertiary/aromatic N) is 1. The average molecular weight is 383 g/mol. The molecule has 1 aliphatic heterocycles. The molecule has 140 valence electrons. The minimum atomic E-state index is -3.95. The van der Waals surface area contributed by atoms with E-state index >= 15 is 0 Å². The number of ether oxygens (including phenoxy) is 1. The molecule has 0 spiro atoms. The minimum absolute atomic E-state index is 0.291. The molecule has 1 fully saturated rings. The second-order valence-electron chi connectivity index (χ2n) is 6.14. The van der Waals surface area contributed by atoms with Crippen LogP contribution in [0.1, 0.15) is 0 Å². The molecule has 3 rings (SSSR count). The zero-order valence-corrected chi connectivity index (χ0v) is 15.0. The lowest BCUT2D eigenvalue weighted by atomic mass is 10.3. The second-order valence-corrected chi connectivity index (χ2v) is 8.05. The van der Waals surface area contributed by atoms with Gasteiger partial charge in [0.2, 0.25) is 10.0 Å². The van der Waals surface area contributed by atoms with Crippen LogP contribution in [0.5, 0.6) is 5.75 Å². The fourth-order valence-corrected chi connectivity index (χ4v) is 4.43. The molecule has 0 saturated carbocycles. The zero-order valence-electron chi connectivity index (χ0n) is 14.2. The van der Waals surface area contributed by atoms with Crippen molar-refractivity contribution in [3.05, 3.63) is 60.2 Å². The number of nitrogens with one attached hydrogen (secondary N) is 1. The number of sulfonamides is 1. The number of para-hydroxylation sites is 1.